The summed E-state index contributed by atoms with van der Waals surface area (Å²) in [5, 5.41) is 5.79. The molecule has 8 nitrogen and oxygen atoms in total. The van der Waals surface area contributed by atoms with Gasteiger partial charge in [0.05, 0.1) is 0 Å². The first kappa shape index (κ1) is 13.4. The van der Waals surface area contributed by atoms with Crippen LogP contribution < -0.4 is 15.5 Å². The van der Waals surface area contributed by atoms with Gasteiger partial charge in [-0.15, -0.1) is 0 Å². The molecule has 0 aliphatic carbocycles. The van der Waals surface area contributed by atoms with Crippen LogP contribution in [0.1, 0.15) is 0 Å². The van der Waals surface area contributed by atoms with Crippen LogP contribution in [0.5, 0.6) is 0 Å². The Bertz CT molecular complexity index is 348. The largest absolute Gasteiger partial charge is 0.364 e. The molecular weight excluding hydrogens is 224 g/mol. The highest BCUT2D eigenvalue weighted by Crippen LogP contribution is 2.11. The average Bonchev–Trinajstić information content (AvgIpc) is 2.36. The molecule has 8 heteroatoms. The summed E-state index contributed by atoms with van der Waals surface area (Å²) >= 11 is 0. The molecule has 1 heterocycles. The molecule has 1 aromatic rings. The van der Waals surface area contributed by atoms with Crippen LogP contribution in [0.2, 0.25) is 0 Å². The van der Waals surface area contributed by atoms with Crippen LogP contribution in [0, 0.1) is 0 Å². The maximum absolute atomic E-state index is 5.01. The maximum Gasteiger partial charge on any atom is 0.233 e. The topological polar surface area (TPSA) is 84.4 Å². The Balaban J connectivity index is 2.88. The minimum absolute atomic E-state index is 0.334. The summed E-state index contributed by atoms with van der Waals surface area (Å²) in [7, 11) is 6.78. The Kier molecular flexibility index (Phi) is 5.37. The summed E-state index contributed by atoms with van der Waals surface area (Å²) < 4.78 is 9.91. The third kappa shape index (κ3) is 4.00. The molecule has 96 valence electrons. The zero-order valence-corrected chi connectivity index (χ0v) is 10.5. The number of methoxy groups -OCH3 is 2. The van der Waals surface area contributed by atoms with Crippen molar-refractivity contribution < 1.29 is 9.47 Å². The molecule has 0 saturated heterocycles. The van der Waals surface area contributed by atoms with E-state index >= 15 is 0 Å². The SMILES string of the molecule is CNc1nc(NCOC)nc(N(C)COC)n1. The van der Waals surface area contributed by atoms with Gasteiger partial charge < -0.3 is 25.0 Å². The Morgan fingerprint density at radius 2 is 1.82 bits per heavy atom. The molecule has 0 unspecified atom stereocenters. The van der Waals surface area contributed by atoms with Crippen molar-refractivity contribution in [3.05, 3.63) is 0 Å². The van der Waals surface area contributed by atoms with E-state index in [1.807, 2.05) is 7.05 Å². The molecule has 0 atom stereocenters. The third-order valence-electron chi connectivity index (χ3n) is 1.89. The lowest BCUT2D eigenvalue weighted by molar-refractivity contribution is 0.201. The second-order valence-corrected chi connectivity index (χ2v) is 3.26. The molecule has 0 aliphatic heterocycles. The van der Waals surface area contributed by atoms with Crippen LogP contribution in [0.25, 0.3) is 0 Å². The fourth-order valence-corrected chi connectivity index (χ4v) is 1.11. The number of hydrogen-bond acceptors (Lipinski definition) is 8. The fourth-order valence-electron chi connectivity index (χ4n) is 1.11. The Hall–Kier alpha value is -1.67. The van der Waals surface area contributed by atoms with E-state index < -0.39 is 0 Å². The summed E-state index contributed by atoms with van der Waals surface area (Å²) in [6, 6.07) is 0. The molecule has 0 amide bonds. The van der Waals surface area contributed by atoms with Gasteiger partial charge in [0.1, 0.15) is 13.5 Å². The van der Waals surface area contributed by atoms with Crippen molar-refractivity contribution in [2.45, 2.75) is 0 Å². The Labute approximate surface area is 100 Å². The average molecular weight is 242 g/mol. The van der Waals surface area contributed by atoms with Crippen molar-refractivity contribution >= 4 is 17.8 Å². The summed E-state index contributed by atoms with van der Waals surface area (Å²) in [5.74, 6) is 1.45. The van der Waals surface area contributed by atoms with Gasteiger partial charge in [0.25, 0.3) is 0 Å². The predicted octanol–water partition coefficient (Wildman–Crippen LogP) is -0.0308. The van der Waals surface area contributed by atoms with E-state index in [1.165, 1.54) is 0 Å². The van der Waals surface area contributed by atoms with E-state index in [2.05, 4.69) is 25.6 Å². The van der Waals surface area contributed by atoms with E-state index in [9.17, 15) is 0 Å². The molecule has 1 rings (SSSR count). The van der Waals surface area contributed by atoms with Crippen molar-refractivity contribution in [3.8, 4) is 0 Å². The normalized spacial score (nSPS) is 10.1. The Morgan fingerprint density at radius 3 is 2.41 bits per heavy atom. The standard InChI is InChI=1S/C9H18N6O2/c1-10-7-12-8(11-5-16-3)14-9(13-7)15(2)6-17-4/h5-6H2,1-4H3,(H2,10,11,12,13,14). The predicted molar refractivity (Wildman–Crippen MR) is 65.2 cm³/mol. The molecular formula is C9H18N6O2. The van der Waals surface area contributed by atoms with E-state index in [1.54, 1.807) is 26.2 Å². The first-order valence-electron chi connectivity index (χ1n) is 5.08. The van der Waals surface area contributed by atoms with Gasteiger partial charge in [-0.2, -0.15) is 15.0 Å². The molecule has 0 saturated carbocycles. The highest BCUT2D eigenvalue weighted by atomic mass is 16.5. The number of ether oxygens (including phenoxy) is 2. The van der Waals surface area contributed by atoms with Gasteiger partial charge in [0.15, 0.2) is 0 Å². The summed E-state index contributed by atoms with van der Waals surface area (Å²) in [6.45, 7) is 0.734. The van der Waals surface area contributed by atoms with E-state index in [0.29, 0.717) is 31.3 Å². The highest BCUT2D eigenvalue weighted by molar-refractivity contribution is 5.42. The first-order chi connectivity index (χ1) is 8.21. The molecule has 0 fully saturated rings. The lowest BCUT2D eigenvalue weighted by Crippen LogP contribution is -2.23. The van der Waals surface area contributed by atoms with Crippen molar-refractivity contribution in [2.24, 2.45) is 0 Å². The number of hydrogen-bond donors (Lipinski definition) is 2. The van der Waals surface area contributed by atoms with Gasteiger partial charge >= 0.3 is 0 Å². The summed E-state index contributed by atoms with van der Waals surface area (Å²) in [6.07, 6.45) is 0. The number of rotatable bonds is 7. The first-order valence-corrected chi connectivity index (χ1v) is 5.08. The number of nitrogens with one attached hydrogen (secondary N) is 2. The lowest BCUT2D eigenvalue weighted by atomic mass is 10.7. The molecule has 0 bridgehead atoms. The minimum Gasteiger partial charge on any atom is -0.364 e. The number of nitrogens with zero attached hydrogens (tertiary/aromatic N) is 4. The van der Waals surface area contributed by atoms with Crippen LogP contribution in [0.4, 0.5) is 17.8 Å². The smallest absolute Gasteiger partial charge is 0.233 e. The van der Waals surface area contributed by atoms with Gasteiger partial charge in [-0.1, -0.05) is 0 Å². The van der Waals surface area contributed by atoms with Crippen LogP contribution in [-0.4, -0.2) is 56.7 Å². The second-order valence-electron chi connectivity index (χ2n) is 3.26. The quantitative estimate of drug-likeness (QED) is 0.645. The molecule has 0 aliphatic rings. The molecule has 0 spiro atoms. The van der Waals surface area contributed by atoms with Crippen molar-refractivity contribution in [2.75, 3.05) is 57.3 Å². The van der Waals surface area contributed by atoms with Crippen LogP contribution >= 0.6 is 0 Å². The van der Waals surface area contributed by atoms with Gasteiger partial charge in [-0.05, 0) is 0 Å². The van der Waals surface area contributed by atoms with Crippen molar-refractivity contribution in [3.63, 3.8) is 0 Å². The number of anilines is 3. The molecule has 0 radical (unpaired) electrons. The van der Waals surface area contributed by atoms with Gasteiger partial charge in [0, 0.05) is 28.3 Å². The van der Waals surface area contributed by atoms with Gasteiger partial charge in [0.2, 0.25) is 17.8 Å². The van der Waals surface area contributed by atoms with Gasteiger partial charge in [-0.25, -0.2) is 0 Å². The maximum atomic E-state index is 5.01. The number of aromatic nitrogens is 3. The van der Waals surface area contributed by atoms with Crippen molar-refractivity contribution in [1.29, 1.82) is 0 Å². The second kappa shape index (κ2) is 6.81. The van der Waals surface area contributed by atoms with E-state index in [-0.39, 0.29) is 0 Å². The molecule has 17 heavy (non-hydrogen) atoms. The lowest BCUT2D eigenvalue weighted by Gasteiger charge is -2.16. The van der Waals surface area contributed by atoms with E-state index in [0.717, 1.165) is 0 Å². The summed E-state index contributed by atoms with van der Waals surface area (Å²) in [4.78, 5) is 14.3. The molecule has 1 aromatic heterocycles. The van der Waals surface area contributed by atoms with Gasteiger partial charge in [-0.3, -0.25) is 0 Å². The summed E-state index contributed by atoms with van der Waals surface area (Å²) in [5.41, 5.74) is 0. The fraction of sp³-hybridized carbons (Fsp3) is 0.667. The highest BCUT2D eigenvalue weighted by Gasteiger charge is 2.09. The van der Waals surface area contributed by atoms with Crippen LogP contribution in [-0.2, 0) is 9.47 Å². The monoisotopic (exact) mass is 242 g/mol. The van der Waals surface area contributed by atoms with Crippen LogP contribution in [0.3, 0.4) is 0 Å². The van der Waals surface area contributed by atoms with Crippen LogP contribution in [0.15, 0.2) is 0 Å². The molecule has 2 N–H and O–H groups in total. The van der Waals surface area contributed by atoms with Crippen molar-refractivity contribution in [1.82, 2.24) is 15.0 Å². The zero-order chi connectivity index (χ0) is 12.7. The molecule has 0 aromatic carbocycles. The van der Waals surface area contributed by atoms with E-state index in [4.69, 9.17) is 9.47 Å². The minimum atomic E-state index is 0.334. The third-order valence-corrected chi connectivity index (χ3v) is 1.89. The zero-order valence-electron chi connectivity index (χ0n) is 10.5. The Morgan fingerprint density at radius 1 is 1.12 bits per heavy atom.